The third kappa shape index (κ3) is 1.78. The molecule has 88 valence electrons. The minimum absolute atomic E-state index is 0.204. The summed E-state index contributed by atoms with van der Waals surface area (Å²) in [6.45, 7) is 0. The molecule has 0 saturated carbocycles. The molecule has 0 spiro atoms. The van der Waals surface area contributed by atoms with Crippen molar-refractivity contribution >= 4 is 0 Å². The molecule has 1 aliphatic rings. The number of halogens is 4. The highest BCUT2D eigenvalue weighted by molar-refractivity contribution is 5.50. The van der Waals surface area contributed by atoms with Gasteiger partial charge in [0.15, 0.2) is 11.5 Å². The predicted molar refractivity (Wildman–Crippen MR) is 45.6 cm³/mol. The van der Waals surface area contributed by atoms with Gasteiger partial charge in [-0.15, -0.1) is 8.78 Å². The lowest BCUT2D eigenvalue weighted by molar-refractivity contribution is -0.287. The van der Waals surface area contributed by atoms with Gasteiger partial charge in [0.05, 0.1) is 6.04 Å². The van der Waals surface area contributed by atoms with Gasteiger partial charge in [0, 0.05) is 5.56 Å². The van der Waals surface area contributed by atoms with Gasteiger partial charge in [0.1, 0.15) is 0 Å². The quantitative estimate of drug-likeness (QED) is 0.802. The van der Waals surface area contributed by atoms with Crippen molar-refractivity contribution in [3.8, 4) is 11.5 Å². The molecule has 0 aromatic heterocycles. The highest BCUT2D eigenvalue weighted by Crippen LogP contribution is 2.45. The van der Waals surface area contributed by atoms with Crippen LogP contribution in [0.5, 0.6) is 11.5 Å². The van der Waals surface area contributed by atoms with Crippen LogP contribution in [0.1, 0.15) is 11.6 Å². The molecule has 0 radical (unpaired) electrons. The largest absolute Gasteiger partial charge is 0.586 e. The van der Waals surface area contributed by atoms with E-state index >= 15 is 0 Å². The van der Waals surface area contributed by atoms with Crippen LogP contribution in [0.3, 0.4) is 0 Å². The molecule has 0 amide bonds. The molecule has 0 fully saturated rings. The molecule has 0 unspecified atom stereocenters. The van der Waals surface area contributed by atoms with E-state index in [2.05, 4.69) is 9.47 Å². The van der Waals surface area contributed by atoms with Crippen molar-refractivity contribution in [1.82, 2.24) is 0 Å². The summed E-state index contributed by atoms with van der Waals surface area (Å²) >= 11 is 0. The molecule has 1 heterocycles. The van der Waals surface area contributed by atoms with Gasteiger partial charge < -0.3 is 15.2 Å². The molecule has 2 N–H and O–H groups in total. The Labute approximate surface area is 87.7 Å². The molecule has 3 nitrogen and oxygen atoms in total. The van der Waals surface area contributed by atoms with E-state index in [1.165, 1.54) is 18.2 Å². The summed E-state index contributed by atoms with van der Waals surface area (Å²) in [7, 11) is 0. The van der Waals surface area contributed by atoms with Gasteiger partial charge in [-0.3, -0.25) is 0 Å². The number of rotatable bonds is 2. The third-order valence-electron chi connectivity index (χ3n) is 2.09. The highest BCUT2D eigenvalue weighted by atomic mass is 19.3. The maximum Gasteiger partial charge on any atom is 0.586 e. The van der Waals surface area contributed by atoms with Gasteiger partial charge in [0.25, 0.3) is 6.43 Å². The van der Waals surface area contributed by atoms with Crippen LogP contribution < -0.4 is 15.2 Å². The topological polar surface area (TPSA) is 44.5 Å². The zero-order valence-electron chi connectivity index (χ0n) is 7.79. The standard InChI is InChI=1S/C9H7F4NO2/c10-8(11)6(14)4-2-1-3-5-7(4)16-9(12,13)15-5/h1-3,6,8H,14H2/t6-/m1/s1. The molecule has 2 rings (SSSR count). The zero-order valence-corrected chi connectivity index (χ0v) is 7.79. The van der Waals surface area contributed by atoms with Gasteiger partial charge in [-0.2, -0.15) is 0 Å². The van der Waals surface area contributed by atoms with Crippen molar-refractivity contribution in [2.45, 2.75) is 18.8 Å². The van der Waals surface area contributed by atoms with E-state index in [0.717, 1.165) is 0 Å². The number of hydrogen-bond acceptors (Lipinski definition) is 3. The molecule has 1 aromatic carbocycles. The lowest BCUT2D eigenvalue weighted by Crippen LogP contribution is -2.26. The molecule has 7 heteroatoms. The third-order valence-corrected chi connectivity index (χ3v) is 2.09. The summed E-state index contributed by atoms with van der Waals surface area (Å²) in [5.41, 5.74) is 4.96. The van der Waals surface area contributed by atoms with E-state index in [9.17, 15) is 17.6 Å². The van der Waals surface area contributed by atoms with Crippen LogP contribution >= 0.6 is 0 Å². The summed E-state index contributed by atoms with van der Waals surface area (Å²) in [5.74, 6) is -0.723. The second-order valence-electron chi connectivity index (χ2n) is 3.20. The van der Waals surface area contributed by atoms with Crippen LogP contribution in [-0.4, -0.2) is 12.7 Å². The van der Waals surface area contributed by atoms with Crippen LogP contribution in [0.4, 0.5) is 17.6 Å². The summed E-state index contributed by atoms with van der Waals surface area (Å²) < 4.78 is 58.4. The van der Waals surface area contributed by atoms with Gasteiger partial charge >= 0.3 is 6.29 Å². The van der Waals surface area contributed by atoms with E-state index in [1.807, 2.05) is 0 Å². The Morgan fingerprint density at radius 1 is 1.19 bits per heavy atom. The molecule has 16 heavy (non-hydrogen) atoms. The number of benzene rings is 1. The van der Waals surface area contributed by atoms with E-state index in [4.69, 9.17) is 5.73 Å². The average Bonchev–Trinajstić information content (AvgIpc) is 2.49. The summed E-state index contributed by atoms with van der Waals surface area (Å²) in [5, 5.41) is 0. The molecule has 1 atom stereocenters. The number of hydrogen-bond donors (Lipinski definition) is 1. The molecule has 1 aromatic rings. The van der Waals surface area contributed by atoms with Gasteiger partial charge in [-0.25, -0.2) is 8.78 Å². The number of alkyl halides is 4. The van der Waals surface area contributed by atoms with Crippen molar-refractivity contribution in [1.29, 1.82) is 0 Å². The number of nitrogens with two attached hydrogens (primary N) is 1. The van der Waals surface area contributed by atoms with Crippen LogP contribution in [0, 0.1) is 0 Å². The Bertz CT molecular complexity index is 410. The van der Waals surface area contributed by atoms with Crippen molar-refractivity contribution in [2.24, 2.45) is 5.73 Å². The van der Waals surface area contributed by atoms with E-state index in [-0.39, 0.29) is 11.3 Å². The Morgan fingerprint density at radius 2 is 1.88 bits per heavy atom. The predicted octanol–water partition coefficient (Wildman–Crippen LogP) is 2.27. The summed E-state index contributed by atoms with van der Waals surface area (Å²) in [6, 6.07) is 1.99. The average molecular weight is 237 g/mol. The first kappa shape index (κ1) is 11.0. The molecular formula is C9H7F4NO2. The van der Waals surface area contributed by atoms with Crippen LogP contribution in [-0.2, 0) is 0 Å². The minimum Gasteiger partial charge on any atom is -0.395 e. The lowest BCUT2D eigenvalue weighted by atomic mass is 10.1. The fourth-order valence-electron chi connectivity index (χ4n) is 1.39. The Hall–Kier alpha value is -1.50. The van der Waals surface area contributed by atoms with Crippen LogP contribution in [0.2, 0.25) is 0 Å². The van der Waals surface area contributed by atoms with Crippen molar-refractivity contribution in [3.63, 3.8) is 0 Å². The zero-order chi connectivity index (χ0) is 11.9. The van der Waals surface area contributed by atoms with E-state index in [0.29, 0.717) is 0 Å². The SMILES string of the molecule is N[C@H](c1cccc2c1OC(F)(F)O2)C(F)F. The lowest BCUT2D eigenvalue weighted by Gasteiger charge is -2.12. The minimum atomic E-state index is -3.83. The number of para-hydroxylation sites is 1. The normalized spacial score (nSPS) is 18.9. The van der Waals surface area contributed by atoms with Crippen molar-refractivity contribution in [2.75, 3.05) is 0 Å². The second kappa shape index (κ2) is 3.51. The van der Waals surface area contributed by atoms with Gasteiger partial charge in [0.2, 0.25) is 0 Å². The first-order valence-electron chi connectivity index (χ1n) is 4.33. The van der Waals surface area contributed by atoms with Crippen LogP contribution in [0.15, 0.2) is 18.2 Å². The second-order valence-corrected chi connectivity index (χ2v) is 3.20. The van der Waals surface area contributed by atoms with Gasteiger partial charge in [-0.1, -0.05) is 12.1 Å². The first-order valence-corrected chi connectivity index (χ1v) is 4.33. The monoisotopic (exact) mass is 237 g/mol. The van der Waals surface area contributed by atoms with Crippen molar-refractivity contribution < 1.29 is 27.0 Å². The fraction of sp³-hybridized carbons (Fsp3) is 0.333. The molecule has 0 saturated heterocycles. The fourth-order valence-corrected chi connectivity index (χ4v) is 1.39. The van der Waals surface area contributed by atoms with E-state index < -0.39 is 24.5 Å². The van der Waals surface area contributed by atoms with Crippen LogP contribution in [0.25, 0.3) is 0 Å². The Morgan fingerprint density at radius 3 is 2.50 bits per heavy atom. The smallest absolute Gasteiger partial charge is 0.395 e. The van der Waals surface area contributed by atoms with E-state index in [1.54, 1.807) is 0 Å². The first-order chi connectivity index (χ1) is 7.41. The molecule has 0 aliphatic carbocycles. The van der Waals surface area contributed by atoms with Gasteiger partial charge in [-0.05, 0) is 6.07 Å². The molecule has 1 aliphatic heterocycles. The number of ether oxygens (including phenoxy) is 2. The Balaban J connectivity index is 2.41. The van der Waals surface area contributed by atoms with Crippen molar-refractivity contribution in [3.05, 3.63) is 23.8 Å². The molecule has 0 bridgehead atoms. The highest BCUT2D eigenvalue weighted by Gasteiger charge is 2.45. The summed E-state index contributed by atoms with van der Waals surface area (Å²) in [4.78, 5) is 0. The Kier molecular flexibility index (Phi) is 2.42. The summed E-state index contributed by atoms with van der Waals surface area (Å²) in [6.07, 6.45) is -6.70. The maximum atomic E-state index is 12.7. The maximum absolute atomic E-state index is 12.7. The number of fused-ring (bicyclic) bond motifs is 1. The molecular weight excluding hydrogens is 230 g/mol.